The summed E-state index contributed by atoms with van der Waals surface area (Å²) < 4.78 is 5.13. The zero-order chi connectivity index (χ0) is 18.3. The van der Waals surface area contributed by atoms with Crippen LogP contribution in [0.3, 0.4) is 0 Å². The Bertz CT molecular complexity index is 568. The fourth-order valence-corrected chi connectivity index (χ4v) is 2.93. The summed E-state index contributed by atoms with van der Waals surface area (Å²) >= 11 is 0. The van der Waals surface area contributed by atoms with E-state index in [1.54, 1.807) is 0 Å². The van der Waals surface area contributed by atoms with Crippen molar-refractivity contribution in [3.05, 3.63) is 35.9 Å². The van der Waals surface area contributed by atoms with Gasteiger partial charge in [-0.15, -0.1) is 0 Å². The Hall–Kier alpha value is -1.92. The van der Waals surface area contributed by atoms with Crippen molar-refractivity contribution in [2.45, 2.75) is 57.3 Å². The molecule has 0 spiro atoms. The van der Waals surface area contributed by atoms with Gasteiger partial charge in [-0.05, 0) is 37.2 Å². The molecule has 0 unspecified atom stereocenters. The fourth-order valence-electron chi connectivity index (χ4n) is 2.93. The van der Waals surface area contributed by atoms with Gasteiger partial charge in [0.2, 0.25) is 5.91 Å². The molecule has 6 heteroatoms. The predicted molar refractivity (Wildman–Crippen MR) is 94.4 cm³/mol. The molecule has 0 saturated heterocycles. The molecule has 1 amide bonds. The molecule has 1 aliphatic rings. The molecule has 1 aromatic carbocycles. The third-order valence-electron chi connectivity index (χ3n) is 4.76. The topological polar surface area (TPSA) is 102 Å². The molecule has 6 nitrogen and oxygen atoms in total. The zero-order valence-electron chi connectivity index (χ0n) is 14.7. The van der Waals surface area contributed by atoms with Gasteiger partial charge >= 0.3 is 5.97 Å². The molecule has 1 fully saturated rings. The molecule has 1 saturated carbocycles. The van der Waals surface area contributed by atoms with Gasteiger partial charge in [0.25, 0.3) is 0 Å². The van der Waals surface area contributed by atoms with E-state index >= 15 is 0 Å². The molecule has 0 aromatic heterocycles. The second-order valence-electron chi connectivity index (χ2n) is 7.08. The van der Waals surface area contributed by atoms with E-state index in [-0.39, 0.29) is 19.6 Å². The maximum absolute atomic E-state index is 12.0. The summed E-state index contributed by atoms with van der Waals surface area (Å²) in [6.07, 6.45) is 3.05. The van der Waals surface area contributed by atoms with Gasteiger partial charge < -0.3 is 20.9 Å². The lowest BCUT2D eigenvalue weighted by Crippen LogP contribution is -2.50. The van der Waals surface area contributed by atoms with Crippen LogP contribution in [-0.2, 0) is 20.9 Å². The number of ether oxygens (including phenoxy) is 1. The molecule has 1 aromatic rings. The number of hydrogen-bond acceptors (Lipinski definition) is 5. The van der Waals surface area contributed by atoms with Crippen molar-refractivity contribution >= 4 is 11.9 Å². The first-order valence-corrected chi connectivity index (χ1v) is 8.83. The van der Waals surface area contributed by atoms with Crippen LogP contribution in [0.4, 0.5) is 0 Å². The standard InChI is InChI=1S/C19H28N2O4/c1-14-7-9-19(24,10-8-14)13-21-18(23)16(20)11-17(22)25-12-15-5-3-2-4-6-15/h2-6,14,16,24H,7-13,20H2,1H3,(H,21,23)/t14?,16-,19?/m0/s1. The number of rotatable bonds is 7. The second-order valence-corrected chi connectivity index (χ2v) is 7.08. The highest BCUT2D eigenvalue weighted by atomic mass is 16.5. The first-order valence-electron chi connectivity index (χ1n) is 8.83. The van der Waals surface area contributed by atoms with E-state index < -0.39 is 23.5 Å². The first kappa shape index (κ1) is 19.4. The second kappa shape index (κ2) is 8.97. The average molecular weight is 348 g/mol. The smallest absolute Gasteiger partial charge is 0.308 e. The minimum Gasteiger partial charge on any atom is -0.461 e. The number of hydrogen-bond donors (Lipinski definition) is 3. The number of aliphatic hydroxyl groups is 1. The number of nitrogens with two attached hydrogens (primary N) is 1. The first-order chi connectivity index (χ1) is 11.9. The third-order valence-corrected chi connectivity index (χ3v) is 4.76. The molecule has 0 bridgehead atoms. The van der Waals surface area contributed by atoms with Crippen molar-refractivity contribution in [3.63, 3.8) is 0 Å². The molecule has 2 rings (SSSR count). The number of esters is 1. The minimum atomic E-state index is -0.977. The highest BCUT2D eigenvalue weighted by Crippen LogP contribution is 2.31. The van der Waals surface area contributed by atoms with Gasteiger partial charge in [-0.2, -0.15) is 0 Å². The number of nitrogens with one attached hydrogen (secondary N) is 1. The van der Waals surface area contributed by atoms with Crippen LogP contribution in [0.25, 0.3) is 0 Å². The lowest BCUT2D eigenvalue weighted by Gasteiger charge is -2.35. The Balaban J connectivity index is 1.69. The summed E-state index contributed by atoms with van der Waals surface area (Å²) in [5.41, 5.74) is 5.79. The van der Waals surface area contributed by atoms with Gasteiger partial charge in [0, 0.05) is 6.54 Å². The average Bonchev–Trinajstić information content (AvgIpc) is 2.61. The van der Waals surface area contributed by atoms with Crippen LogP contribution < -0.4 is 11.1 Å². The quantitative estimate of drug-likeness (QED) is 0.648. The van der Waals surface area contributed by atoms with Gasteiger partial charge in [0.05, 0.1) is 18.1 Å². The molecule has 25 heavy (non-hydrogen) atoms. The Morgan fingerprint density at radius 1 is 1.32 bits per heavy atom. The summed E-state index contributed by atoms with van der Waals surface area (Å²) in [6.45, 7) is 2.49. The maximum atomic E-state index is 12.0. The van der Waals surface area contributed by atoms with Crippen molar-refractivity contribution in [2.75, 3.05) is 6.54 Å². The van der Waals surface area contributed by atoms with Crippen LogP contribution in [0.15, 0.2) is 30.3 Å². The summed E-state index contributed by atoms with van der Waals surface area (Å²) in [4.78, 5) is 23.9. The molecular weight excluding hydrogens is 320 g/mol. The summed E-state index contributed by atoms with van der Waals surface area (Å²) in [7, 11) is 0. The molecule has 0 radical (unpaired) electrons. The van der Waals surface area contributed by atoms with Gasteiger partial charge in [-0.1, -0.05) is 37.3 Å². The number of carbonyl (C=O) groups excluding carboxylic acids is 2. The van der Waals surface area contributed by atoms with Crippen molar-refractivity contribution in [3.8, 4) is 0 Å². The molecule has 0 aliphatic heterocycles. The lowest BCUT2D eigenvalue weighted by molar-refractivity contribution is -0.146. The van der Waals surface area contributed by atoms with E-state index in [4.69, 9.17) is 10.5 Å². The molecule has 0 heterocycles. The highest BCUT2D eigenvalue weighted by molar-refractivity contribution is 5.86. The van der Waals surface area contributed by atoms with Gasteiger partial charge in [-0.25, -0.2) is 0 Å². The fraction of sp³-hybridized carbons (Fsp3) is 0.579. The largest absolute Gasteiger partial charge is 0.461 e. The molecule has 1 aliphatic carbocycles. The van der Waals surface area contributed by atoms with Crippen LogP contribution in [-0.4, -0.2) is 35.2 Å². The summed E-state index contributed by atoms with van der Waals surface area (Å²) in [5.74, 6) is -0.349. The number of amides is 1. The Morgan fingerprint density at radius 3 is 2.60 bits per heavy atom. The number of benzene rings is 1. The van der Waals surface area contributed by atoms with E-state index in [0.29, 0.717) is 18.8 Å². The normalized spacial score (nSPS) is 24.4. The van der Waals surface area contributed by atoms with E-state index in [0.717, 1.165) is 18.4 Å². The van der Waals surface area contributed by atoms with Crippen molar-refractivity contribution in [1.82, 2.24) is 5.32 Å². The van der Waals surface area contributed by atoms with Gasteiger partial charge in [0.15, 0.2) is 0 Å². The Labute approximate surface area is 148 Å². The van der Waals surface area contributed by atoms with Crippen LogP contribution in [0.5, 0.6) is 0 Å². The Morgan fingerprint density at radius 2 is 1.96 bits per heavy atom. The SMILES string of the molecule is CC1CCC(O)(CNC(=O)[C@@H](N)CC(=O)OCc2ccccc2)CC1. The van der Waals surface area contributed by atoms with Crippen LogP contribution in [0.2, 0.25) is 0 Å². The minimum absolute atomic E-state index is 0.159. The summed E-state index contributed by atoms with van der Waals surface area (Å²) in [6, 6.07) is 8.33. The molecule has 4 N–H and O–H groups in total. The van der Waals surface area contributed by atoms with Crippen LogP contribution in [0.1, 0.15) is 44.6 Å². The highest BCUT2D eigenvalue weighted by Gasteiger charge is 2.32. The van der Waals surface area contributed by atoms with E-state index in [2.05, 4.69) is 12.2 Å². The third kappa shape index (κ3) is 6.48. The molecule has 1 atom stereocenters. The number of carbonyl (C=O) groups is 2. The molecular formula is C19H28N2O4. The van der Waals surface area contributed by atoms with Crippen LogP contribution in [0, 0.1) is 5.92 Å². The zero-order valence-corrected chi connectivity index (χ0v) is 14.7. The van der Waals surface area contributed by atoms with Gasteiger partial charge in [0.1, 0.15) is 6.61 Å². The van der Waals surface area contributed by atoms with Crippen molar-refractivity contribution in [1.29, 1.82) is 0 Å². The van der Waals surface area contributed by atoms with Crippen molar-refractivity contribution in [2.24, 2.45) is 11.7 Å². The van der Waals surface area contributed by atoms with Crippen LogP contribution >= 0.6 is 0 Å². The van der Waals surface area contributed by atoms with E-state index in [9.17, 15) is 14.7 Å². The summed E-state index contributed by atoms with van der Waals surface area (Å²) in [5, 5.41) is 13.1. The van der Waals surface area contributed by atoms with E-state index in [1.807, 2.05) is 30.3 Å². The maximum Gasteiger partial charge on any atom is 0.308 e. The Kier molecular flexibility index (Phi) is 6.96. The van der Waals surface area contributed by atoms with Crippen molar-refractivity contribution < 1.29 is 19.4 Å². The predicted octanol–water partition coefficient (Wildman–Crippen LogP) is 1.50. The monoisotopic (exact) mass is 348 g/mol. The van der Waals surface area contributed by atoms with E-state index in [1.165, 1.54) is 0 Å². The van der Waals surface area contributed by atoms with Gasteiger partial charge in [-0.3, -0.25) is 9.59 Å². The molecule has 138 valence electrons. The lowest BCUT2D eigenvalue weighted by atomic mass is 9.79.